The average Bonchev–Trinajstić information content (AvgIpc) is 2.36. The largest absolute Gasteiger partial charge is 0.339 e. The summed E-state index contributed by atoms with van der Waals surface area (Å²) >= 11 is 0. The number of amides is 2. The zero-order valence-electron chi connectivity index (χ0n) is 10.9. The zero-order valence-corrected chi connectivity index (χ0v) is 10.9. The Morgan fingerprint density at radius 1 is 1.29 bits per heavy atom. The molecule has 1 aliphatic heterocycles. The summed E-state index contributed by atoms with van der Waals surface area (Å²) in [5, 5.41) is 3.20. The minimum atomic E-state index is 0.0545. The van der Waals surface area contributed by atoms with E-state index >= 15 is 0 Å². The van der Waals surface area contributed by atoms with Gasteiger partial charge in [0.25, 0.3) is 0 Å². The first-order valence-corrected chi connectivity index (χ1v) is 6.37. The smallest absolute Gasteiger partial charge is 0.242 e. The van der Waals surface area contributed by atoms with Gasteiger partial charge in [0, 0.05) is 39.6 Å². The highest BCUT2D eigenvalue weighted by atomic mass is 16.2. The monoisotopic (exact) mass is 241 g/mol. The predicted molar refractivity (Wildman–Crippen MR) is 66.6 cm³/mol. The molecule has 0 unspecified atom stereocenters. The average molecular weight is 241 g/mol. The molecule has 0 radical (unpaired) electrons. The van der Waals surface area contributed by atoms with Gasteiger partial charge in [-0.3, -0.25) is 9.59 Å². The third-order valence-corrected chi connectivity index (χ3v) is 3.01. The molecule has 0 aliphatic carbocycles. The minimum Gasteiger partial charge on any atom is -0.339 e. The standard InChI is InChI=1S/C12H23N3O2/c1-3-4-5-11(16)14(2)10-12(17)15-8-6-13-7-9-15/h13H,3-10H2,1-2H3. The van der Waals surface area contributed by atoms with E-state index in [2.05, 4.69) is 12.2 Å². The Morgan fingerprint density at radius 2 is 1.94 bits per heavy atom. The molecule has 0 aromatic carbocycles. The summed E-state index contributed by atoms with van der Waals surface area (Å²) < 4.78 is 0. The van der Waals surface area contributed by atoms with Crippen molar-refractivity contribution in [2.45, 2.75) is 26.2 Å². The predicted octanol–water partition coefficient (Wildman–Crippen LogP) is 0.0668. The van der Waals surface area contributed by atoms with Crippen molar-refractivity contribution >= 4 is 11.8 Å². The fourth-order valence-corrected chi connectivity index (χ4v) is 1.82. The van der Waals surface area contributed by atoms with Crippen molar-refractivity contribution in [1.29, 1.82) is 0 Å². The summed E-state index contributed by atoms with van der Waals surface area (Å²) in [6.07, 6.45) is 2.44. The van der Waals surface area contributed by atoms with Gasteiger partial charge in [-0.2, -0.15) is 0 Å². The van der Waals surface area contributed by atoms with Crippen molar-refractivity contribution < 1.29 is 9.59 Å². The second-order valence-corrected chi connectivity index (χ2v) is 4.48. The maximum absolute atomic E-state index is 11.9. The Kier molecular flexibility index (Phi) is 5.97. The Bertz CT molecular complexity index is 262. The van der Waals surface area contributed by atoms with Crippen LogP contribution >= 0.6 is 0 Å². The van der Waals surface area contributed by atoms with Gasteiger partial charge in [0.15, 0.2) is 0 Å². The molecule has 0 aromatic rings. The van der Waals surface area contributed by atoms with Crippen LogP contribution in [-0.2, 0) is 9.59 Å². The SMILES string of the molecule is CCCCC(=O)N(C)CC(=O)N1CCNCC1. The summed E-state index contributed by atoms with van der Waals surface area (Å²) in [6, 6.07) is 0. The van der Waals surface area contributed by atoms with Crippen LogP contribution in [0.3, 0.4) is 0 Å². The van der Waals surface area contributed by atoms with Crippen LogP contribution in [0.25, 0.3) is 0 Å². The van der Waals surface area contributed by atoms with Crippen molar-refractivity contribution in [2.75, 3.05) is 39.8 Å². The molecule has 1 saturated heterocycles. The molecular weight excluding hydrogens is 218 g/mol. The number of carbonyl (C=O) groups excluding carboxylic acids is 2. The number of unbranched alkanes of at least 4 members (excludes halogenated alkanes) is 1. The van der Waals surface area contributed by atoms with Gasteiger partial charge < -0.3 is 15.1 Å². The highest BCUT2D eigenvalue weighted by Gasteiger charge is 2.19. The highest BCUT2D eigenvalue weighted by molar-refractivity contribution is 5.84. The Balaban J connectivity index is 2.31. The molecule has 1 heterocycles. The van der Waals surface area contributed by atoms with Gasteiger partial charge in [-0.05, 0) is 6.42 Å². The number of carbonyl (C=O) groups is 2. The number of nitrogens with zero attached hydrogens (tertiary/aromatic N) is 2. The zero-order chi connectivity index (χ0) is 12.7. The Labute approximate surface area is 103 Å². The lowest BCUT2D eigenvalue weighted by Crippen LogP contribution is -2.49. The van der Waals surface area contributed by atoms with Crippen LogP contribution in [0.2, 0.25) is 0 Å². The third kappa shape index (κ3) is 4.73. The fourth-order valence-electron chi connectivity index (χ4n) is 1.82. The molecule has 1 N–H and O–H groups in total. The lowest BCUT2D eigenvalue weighted by Gasteiger charge is -2.29. The number of rotatable bonds is 5. The number of hydrogen-bond acceptors (Lipinski definition) is 3. The molecule has 0 saturated carbocycles. The topological polar surface area (TPSA) is 52.7 Å². The molecule has 0 bridgehead atoms. The van der Waals surface area contributed by atoms with Crippen molar-refractivity contribution in [3.8, 4) is 0 Å². The summed E-state index contributed by atoms with van der Waals surface area (Å²) in [6.45, 7) is 5.45. The van der Waals surface area contributed by atoms with Crippen molar-refractivity contribution in [3.05, 3.63) is 0 Å². The van der Waals surface area contributed by atoms with Gasteiger partial charge in [-0.25, -0.2) is 0 Å². The van der Waals surface area contributed by atoms with Crippen molar-refractivity contribution in [1.82, 2.24) is 15.1 Å². The summed E-state index contributed by atoms with van der Waals surface area (Å²) in [4.78, 5) is 26.9. The number of hydrogen-bond donors (Lipinski definition) is 1. The summed E-state index contributed by atoms with van der Waals surface area (Å²) in [7, 11) is 1.71. The minimum absolute atomic E-state index is 0.0545. The van der Waals surface area contributed by atoms with Crippen molar-refractivity contribution in [3.63, 3.8) is 0 Å². The van der Waals surface area contributed by atoms with Crippen LogP contribution in [0, 0.1) is 0 Å². The molecule has 1 fully saturated rings. The Morgan fingerprint density at radius 3 is 2.53 bits per heavy atom. The summed E-state index contributed by atoms with van der Waals surface area (Å²) in [5.41, 5.74) is 0. The number of nitrogens with one attached hydrogen (secondary N) is 1. The van der Waals surface area contributed by atoms with E-state index in [9.17, 15) is 9.59 Å². The lowest BCUT2D eigenvalue weighted by atomic mass is 10.2. The van der Waals surface area contributed by atoms with Gasteiger partial charge in [-0.15, -0.1) is 0 Å². The quantitative estimate of drug-likeness (QED) is 0.741. The van der Waals surface area contributed by atoms with Gasteiger partial charge >= 0.3 is 0 Å². The van der Waals surface area contributed by atoms with Crippen LogP contribution < -0.4 is 5.32 Å². The second-order valence-electron chi connectivity index (χ2n) is 4.48. The van der Waals surface area contributed by atoms with Gasteiger partial charge in [-0.1, -0.05) is 13.3 Å². The molecular formula is C12H23N3O2. The molecule has 5 nitrogen and oxygen atoms in total. The molecule has 17 heavy (non-hydrogen) atoms. The van der Waals surface area contributed by atoms with Gasteiger partial charge in [0.2, 0.25) is 11.8 Å². The molecule has 0 atom stereocenters. The van der Waals surface area contributed by atoms with Crippen LogP contribution in [0.15, 0.2) is 0 Å². The van der Waals surface area contributed by atoms with Crippen LogP contribution in [-0.4, -0.2) is 61.4 Å². The molecule has 1 aliphatic rings. The van der Waals surface area contributed by atoms with Crippen LogP contribution in [0.4, 0.5) is 0 Å². The first-order chi connectivity index (χ1) is 8.15. The number of piperazine rings is 1. The van der Waals surface area contributed by atoms with Crippen LogP contribution in [0.5, 0.6) is 0 Å². The second kappa shape index (κ2) is 7.27. The molecule has 2 amide bonds. The normalized spacial score (nSPS) is 15.8. The van der Waals surface area contributed by atoms with E-state index in [4.69, 9.17) is 0 Å². The first-order valence-electron chi connectivity index (χ1n) is 6.37. The van der Waals surface area contributed by atoms with E-state index in [0.29, 0.717) is 6.42 Å². The van der Waals surface area contributed by atoms with E-state index in [0.717, 1.165) is 39.0 Å². The molecule has 98 valence electrons. The van der Waals surface area contributed by atoms with Crippen molar-refractivity contribution in [2.24, 2.45) is 0 Å². The maximum Gasteiger partial charge on any atom is 0.242 e. The van der Waals surface area contributed by atoms with E-state index < -0.39 is 0 Å². The number of likely N-dealkylation sites (N-methyl/N-ethyl adjacent to an activating group) is 1. The molecule has 0 aromatic heterocycles. The van der Waals surface area contributed by atoms with Crippen LogP contribution in [0.1, 0.15) is 26.2 Å². The molecule has 5 heteroatoms. The third-order valence-electron chi connectivity index (χ3n) is 3.01. The van der Waals surface area contributed by atoms with Gasteiger partial charge in [0.1, 0.15) is 0 Å². The summed E-state index contributed by atoms with van der Waals surface area (Å²) in [5.74, 6) is 0.120. The first kappa shape index (κ1) is 14.0. The van der Waals surface area contributed by atoms with Gasteiger partial charge in [0.05, 0.1) is 6.54 Å². The highest BCUT2D eigenvalue weighted by Crippen LogP contribution is 2.00. The molecule has 0 spiro atoms. The lowest BCUT2D eigenvalue weighted by molar-refractivity contribution is -0.139. The Hall–Kier alpha value is -1.10. The van der Waals surface area contributed by atoms with E-state index in [1.807, 2.05) is 4.90 Å². The molecule has 1 rings (SSSR count). The maximum atomic E-state index is 11.9. The van der Waals surface area contributed by atoms with E-state index in [1.54, 1.807) is 11.9 Å². The van der Waals surface area contributed by atoms with E-state index in [-0.39, 0.29) is 18.4 Å². The van der Waals surface area contributed by atoms with E-state index in [1.165, 1.54) is 0 Å². The fraction of sp³-hybridized carbons (Fsp3) is 0.833.